The standard InChI is InChI=1S/C18H17N3O2S/c1-2-23-15-5-3-4-14(10-15)18-21-16(12-24-18)17(22)20-11-13-6-8-19-9-7-13/h3-10,12H,2,11H2,1H3,(H,20,22). The van der Waals surface area contributed by atoms with Gasteiger partial charge in [-0.25, -0.2) is 4.98 Å². The van der Waals surface area contributed by atoms with Crippen LogP contribution in [0.15, 0.2) is 54.2 Å². The van der Waals surface area contributed by atoms with Crippen molar-refractivity contribution in [2.24, 2.45) is 0 Å². The average Bonchev–Trinajstić information content (AvgIpc) is 3.11. The minimum atomic E-state index is -0.185. The van der Waals surface area contributed by atoms with E-state index >= 15 is 0 Å². The largest absolute Gasteiger partial charge is 0.494 e. The number of hydrogen-bond acceptors (Lipinski definition) is 5. The van der Waals surface area contributed by atoms with Crippen molar-refractivity contribution in [3.05, 3.63) is 65.4 Å². The van der Waals surface area contributed by atoms with E-state index < -0.39 is 0 Å². The molecule has 1 amide bonds. The number of amides is 1. The maximum Gasteiger partial charge on any atom is 0.271 e. The normalized spacial score (nSPS) is 10.4. The molecule has 0 aliphatic carbocycles. The fourth-order valence-electron chi connectivity index (χ4n) is 2.17. The molecule has 0 spiro atoms. The Morgan fingerprint density at radius 2 is 2.08 bits per heavy atom. The van der Waals surface area contributed by atoms with Gasteiger partial charge >= 0.3 is 0 Å². The maximum atomic E-state index is 12.2. The zero-order valence-electron chi connectivity index (χ0n) is 13.2. The van der Waals surface area contributed by atoms with Gasteiger partial charge in [0.2, 0.25) is 0 Å². The van der Waals surface area contributed by atoms with Crippen molar-refractivity contribution in [3.63, 3.8) is 0 Å². The predicted octanol–water partition coefficient (Wildman–Crippen LogP) is 3.53. The molecule has 0 aliphatic heterocycles. The number of ether oxygens (including phenoxy) is 1. The van der Waals surface area contributed by atoms with E-state index in [0.717, 1.165) is 21.9 Å². The third-order valence-corrected chi connectivity index (χ3v) is 4.22. The smallest absolute Gasteiger partial charge is 0.271 e. The molecule has 0 bridgehead atoms. The summed E-state index contributed by atoms with van der Waals surface area (Å²) < 4.78 is 5.50. The van der Waals surface area contributed by atoms with Crippen LogP contribution in [0.5, 0.6) is 5.75 Å². The van der Waals surface area contributed by atoms with Gasteiger partial charge in [0.05, 0.1) is 6.61 Å². The Balaban J connectivity index is 1.68. The lowest BCUT2D eigenvalue weighted by atomic mass is 10.2. The van der Waals surface area contributed by atoms with E-state index in [1.54, 1.807) is 17.8 Å². The quantitative estimate of drug-likeness (QED) is 0.746. The summed E-state index contributed by atoms with van der Waals surface area (Å²) in [6.45, 7) is 3.01. The van der Waals surface area contributed by atoms with Gasteiger partial charge in [0.25, 0.3) is 5.91 Å². The second-order valence-electron chi connectivity index (χ2n) is 5.04. The molecule has 24 heavy (non-hydrogen) atoms. The summed E-state index contributed by atoms with van der Waals surface area (Å²) in [4.78, 5) is 20.6. The summed E-state index contributed by atoms with van der Waals surface area (Å²) in [5.74, 6) is 0.615. The molecule has 2 aromatic heterocycles. The third kappa shape index (κ3) is 3.97. The van der Waals surface area contributed by atoms with E-state index in [-0.39, 0.29) is 5.91 Å². The number of nitrogens with one attached hydrogen (secondary N) is 1. The van der Waals surface area contributed by atoms with Crippen LogP contribution < -0.4 is 10.1 Å². The van der Waals surface area contributed by atoms with E-state index in [4.69, 9.17) is 4.74 Å². The Hall–Kier alpha value is -2.73. The highest BCUT2D eigenvalue weighted by Crippen LogP contribution is 2.27. The van der Waals surface area contributed by atoms with Crippen molar-refractivity contribution in [1.29, 1.82) is 0 Å². The van der Waals surface area contributed by atoms with E-state index in [1.165, 1.54) is 11.3 Å². The number of aromatic nitrogens is 2. The first-order valence-electron chi connectivity index (χ1n) is 7.62. The number of rotatable bonds is 6. The fraction of sp³-hybridized carbons (Fsp3) is 0.167. The topological polar surface area (TPSA) is 64.1 Å². The minimum absolute atomic E-state index is 0.185. The molecule has 0 fully saturated rings. The number of hydrogen-bond donors (Lipinski definition) is 1. The van der Waals surface area contributed by atoms with E-state index in [9.17, 15) is 4.79 Å². The molecular formula is C18H17N3O2S. The van der Waals surface area contributed by atoms with Crippen molar-refractivity contribution >= 4 is 17.2 Å². The molecule has 122 valence electrons. The molecule has 0 aliphatic rings. The van der Waals surface area contributed by atoms with Crippen LogP contribution >= 0.6 is 11.3 Å². The second kappa shape index (κ2) is 7.70. The Morgan fingerprint density at radius 1 is 1.25 bits per heavy atom. The van der Waals surface area contributed by atoms with Gasteiger partial charge in [-0.3, -0.25) is 9.78 Å². The van der Waals surface area contributed by atoms with E-state index in [2.05, 4.69) is 15.3 Å². The molecule has 0 radical (unpaired) electrons. The highest BCUT2D eigenvalue weighted by molar-refractivity contribution is 7.13. The molecule has 0 saturated carbocycles. The summed E-state index contributed by atoms with van der Waals surface area (Å²) in [5, 5.41) is 5.43. The molecular weight excluding hydrogens is 322 g/mol. The zero-order valence-corrected chi connectivity index (χ0v) is 14.0. The number of carbonyl (C=O) groups excluding carboxylic acids is 1. The van der Waals surface area contributed by atoms with Crippen LogP contribution in [0.2, 0.25) is 0 Å². The predicted molar refractivity (Wildman–Crippen MR) is 94.1 cm³/mol. The van der Waals surface area contributed by atoms with Crippen molar-refractivity contribution in [3.8, 4) is 16.3 Å². The van der Waals surface area contributed by atoms with Crippen molar-refractivity contribution < 1.29 is 9.53 Å². The van der Waals surface area contributed by atoms with Crippen LogP contribution in [0, 0.1) is 0 Å². The van der Waals surface area contributed by atoms with Crippen LogP contribution in [0.25, 0.3) is 10.6 Å². The SMILES string of the molecule is CCOc1cccc(-c2nc(C(=O)NCc3ccncc3)cs2)c1. The van der Waals surface area contributed by atoms with Crippen LogP contribution in [0.3, 0.4) is 0 Å². The van der Waals surface area contributed by atoms with Crippen molar-refractivity contribution in [2.75, 3.05) is 6.61 Å². The first-order valence-corrected chi connectivity index (χ1v) is 8.50. The summed E-state index contributed by atoms with van der Waals surface area (Å²) in [5.41, 5.74) is 2.36. The molecule has 0 unspecified atom stereocenters. The first-order chi connectivity index (χ1) is 11.8. The van der Waals surface area contributed by atoms with Crippen LogP contribution in [0.4, 0.5) is 0 Å². The molecule has 6 heteroatoms. The van der Waals surface area contributed by atoms with Gasteiger partial charge in [0.1, 0.15) is 16.5 Å². The van der Waals surface area contributed by atoms with E-state index in [1.807, 2.05) is 43.3 Å². The van der Waals surface area contributed by atoms with Gasteiger partial charge in [-0.05, 0) is 36.8 Å². The Labute approximate surface area is 144 Å². The number of nitrogens with zero attached hydrogens (tertiary/aromatic N) is 2. The van der Waals surface area contributed by atoms with Crippen molar-refractivity contribution in [1.82, 2.24) is 15.3 Å². The third-order valence-electron chi connectivity index (χ3n) is 3.33. The lowest BCUT2D eigenvalue weighted by Crippen LogP contribution is -2.23. The lowest BCUT2D eigenvalue weighted by Gasteiger charge is -2.04. The number of pyridine rings is 1. The van der Waals surface area contributed by atoms with Crippen molar-refractivity contribution in [2.45, 2.75) is 13.5 Å². The highest BCUT2D eigenvalue weighted by Gasteiger charge is 2.12. The van der Waals surface area contributed by atoms with Gasteiger partial charge in [-0.1, -0.05) is 12.1 Å². The summed E-state index contributed by atoms with van der Waals surface area (Å²) in [6, 6.07) is 11.5. The molecule has 3 aromatic rings. The molecule has 2 heterocycles. The Kier molecular flexibility index (Phi) is 5.18. The monoisotopic (exact) mass is 339 g/mol. The van der Waals surface area contributed by atoms with Crippen LogP contribution in [0.1, 0.15) is 23.0 Å². The number of thiazole rings is 1. The lowest BCUT2D eigenvalue weighted by molar-refractivity contribution is 0.0946. The molecule has 3 rings (SSSR count). The highest BCUT2D eigenvalue weighted by atomic mass is 32.1. The summed E-state index contributed by atoms with van der Waals surface area (Å²) >= 11 is 1.44. The van der Waals surface area contributed by atoms with Gasteiger partial charge in [-0.2, -0.15) is 0 Å². The summed E-state index contributed by atoms with van der Waals surface area (Å²) in [7, 11) is 0. The zero-order chi connectivity index (χ0) is 16.8. The van der Waals surface area contributed by atoms with Gasteiger partial charge in [0, 0.05) is 29.9 Å². The second-order valence-corrected chi connectivity index (χ2v) is 5.89. The van der Waals surface area contributed by atoms with Gasteiger partial charge in [0.15, 0.2) is 0 Å². The van der Waals surface area contributed by atoms with Crippen LogP contribution in [-0.2, 0) is 6.54 Å². The molecule has 1 N–H and O–H groups in total. The van der Waals surface area contributed by atoms with Gasteiger partial charge < -0.3 is 10.1 Å². The minimum Gasteiger partial charge on any atom is -0.494 e. The Morgan fingerprint density at radius 3 is 2.88 bits per heavy atom. The molecule has 1 aromatic carbocycles. The first kappa shape index (κ1) is 16.1. The number of carbonyl (C=O) groups is 1. The molecule has 0 atom stereocenters. The van der Waals surface area contributed by atoms with Crippen LogP contribution in [-0.4, -0.2) is 22.5 Å². The Bertz CT molecular complexity index is 818. The van der Waals surface area contributed by atoms with Gasteiger partial charge in [-0.15, -0.1) is 11.3 Å². The number of benzene rings is 1. The average molecular weight is 339 g/mol. The molecule has 0 saturated heterocycles. The summed E-state index contributed by atoms with van der Waals surface area (Å²) in [6.07, 6.45) is 3.40. The molecule has 5 nitrogen and oxygen atoms in total. The fourth-order valence-corrected chi connectivity index (χ4v) is 2.97. The maximum absolute atomic E-state index is 12.2. The van der Waals surface area contributed by atoms with E-state index in [0.29, 0.717) is 18.8 Å².